The van der Waals surface area contributed by atoms with Gasteiger partial charge >= 0.3 is 0 Å². The lowest BCUT2D eigenvalue weighted by Crippen LogP contribution is -2.55. The number of carbonyl (C=O) groups excluding carboxylic acids is 3. The van der Waals surface area contributed by atoms with Crippen LogP contribution in [0.25, 0.3) is 11.3 Å². The predicted molar refractivity (Wildman–Crippen MR) is 135 cm³/mol. The zero-order valence-electron chi connectivity index (χ0n) is 20.2. The van der Waals surface area contributed by atoms with E-state index in [2.05, 4.69) is 16.7 Å². The van der Waals surface area contributed by atoms with Crippen molar-refractivity contribution in [3.8, 4) is 5.75 Å². The molecule has 10 nitrogen and oxygen atoms in total. The summed E-state index contributed by atoms with van der Waals surface area (Å²) in [4.78, 5) is 48.5. The van der Waals surface area contributed by atoms with E-state index in [9.17, 15) is 29.7 Å². The van der Waals surface area contributed by atoms with Gasteiger partial charge in [-0.2, -0.15) is 0 Å². The minimum Gasteiger partial charge on any atom is -0.510 e. The molecular weight excluding hydrogens is 464 g/mol. The van der Waals surface area contributed by atoms with E-state index in [1.807, 2.05) is 0 Å². The fourth-order valence-corrected chi connectivity index (χ4v) is 5.95. The van der Waals surface area contributed by atoms with E-state index in [0.717, 1.165) is 0 Å². The Morgan fingerprint density at radius 1 is 1.19 bits per heavy atom. The molecule has 3 aliphatic carbocycles. The number of ketones is 2. The third-order valence-electron chi connectivity index (χ3n) is 7.26. The number of benzene rings is 1. The molecule has 1 aromatic carbocycles. The van der Waals surface area contributed by atoms with Gasteiger partial charge in [0.05, 0.1) is 17.5 Å². The van der Waals surface area contributed by atoms with E-state index >= 15 is 0 Å². The van der Waals surface area contributed by atoms with Crippen LogP contribution in [0.1, 0.15) is 23.1 Å². The number of carbonyl (C=O) groups is 3. The number of hydrogen-bond donors (Lipinski definition) is 4. The smallest absolute Gasteiger partial charge is 0.255 e. The highest BCUT2D eigenvalue weighted by molar-refractivity contribution is 6.28. The summed E-state index contributed by atoms with van der Waals surface area (Å²) in [6, 6.07) is 2.29. The average Bonchev–Trinajstić information content (AvgIpc) is 2.78. The van der Waals surface area contributed by atoms with E-state index in [1.54, 1.807) is 38.3 Å². The highest BCUT2D eigenvalue weighted by Crippen LogP contribution is 2.51. The van der Waals surface area contributed by atoms with Gasteiger partial charge in [0.2, 0.25) is 0 Å². The molecular formula is C26H28N4O6. The van der Waals surface area contributed by atoms with Gasteiger partial charge in [-0.05, 0) is 62.7 Å². The minimum absolute atomic E-state index is 0.0313. The van der Waals surface area contributed by atoms with Crippen LogP contribution in [0, 0.1) is 17.8 Å². The Morgan fingerprint density at radius 2 is 1.89 bits per heavy atom. The van der Waals surface area contributed by atoms with Crippen LogP contribution in [0.4, 0.5) is 0 Å². The van der Waals surface area contributed by atoms with Gasteiger partial charge in [-0.25, -0.2) is 0 Å². The number of fused-ring (bicyclic) bond motifs is 3. The van der Waals surface area contributed by atoms with Crippen LogP contribution in [0.2, 0.25) is 0 Å². The molecule has 0 spiro atoms. The summed E-state index contributed by atoms with van der Waals surface area (Å²) < 4.78 is 0. The normalized spacial score (nSPS) is 26.3. The summed E-state index contributed by atoms with van der Waals surface area (Å²) in [5.41, 5.74) is 6.79. The van der Waals surface area contributed by atoms with Crippen molar-refractivity contribution in [2.24, 2.45) is 33.5 Å². The first-order chi connectivity index (χ1) is 17.0. The van der Waals surface area contributed by atoms with Crippen molar-refractivity contribution in [1.82, 2.24) is 4.90 Å². The van der Waals surface area contributed by atoms with Crippen molar-refractivity contribution in [3.63, 3.8) is 0 Å². The van der Waals surface area contributed by atoms with E-state index in [0.29, 0.717) is 16.7 Å². The number of likely N-dealkylation sites (N-methyl/N-ethyl adjacent to an activating group) is 1. The number of aliphatic imine (C=N–C) groups is 2. The van der Waals surface area contributed by atoms with Crippen molar-refractivity contribution in [2.75, 3.05) is 21.1 Å². The molecule has 0 heterocycles. The molecule has 0 aliphatic heterocycles. The Balaban J connectivity index is 1.92. The van der Waals surface area contributed by atoms with E-state index in [-0.39, 0.29) is 29.7 Å². The van der Waals surface area contributed by atoms with Crippen molar-refractivity contribution in [2.45, 2.75) is 18.9 Å². The Bertz CT molecular complexity index is 1320. The molecule has 188 valence electrons. The monoisotopic (exact) mass is 492 g/mol. The topological polar surface area (TPSA) is 166 Å². The summed E-state index contributed by atoms with van der Waals surface area (Å²) in [7, 11) is 4.95. The lowest BCUT2D eigenvalue weighted by Gasteiger charge is -2.46. The second kappa shape index (κ2) is 9.19. The maximum Gasteiger partial charge on any atom is 0.255 e. The molecule has 1 fully saturated rings. The summed E-state index contributed by atoms with van der Waals surface area (Å²) in [6.45, 7) is 3.49. The first-order valence-corrected chi connectivity index (χ1v) is 11.4. The summed E-state index contributed by atoms with van der Waals surface area (Å²) >= 11 is 0. The van der Waals surface area contributed by atoms with E-state index < -0.39 is 58.4 Å². The molecule has 0 aromatic heterocycles. The molecule has 4 rings (SSSR count). The van der Waals surface area contributed by atoms with Gasteiger partial charge in [0, 0.05) is 30.6 Å². The highest BCUT2D eigenvalue weighted by atomic mass is 16.3. The molecule has 36 heavy (non-hydrogen) atoms. The van der Waals surface area contributed by atoms with Gasteiger partial charge in [-0.3, -0.25) is 29.3 Å². The fourth-order valence-electron chi connectivity index (χ4n) is 5.95. The number of hydrogen-bond acceptors (Lipinski definition) is 9. The molecule has 1 amide bonds. The average molecular weight is 493 g/mol. The van der Waals surface area contributed by atoms with Crippen LogP contribution in [0.5, 0.6) is 5.75 Å². The quantitative estimate of drug-likeness (QED) is 0.275. The number of allylic oxidation sites excluding steroid dienone is 2. The number of primary amides is 1. The van der Waals surface area contributed by atoms with Gasteiger partial charge in [0.1, 0.15) is 22.8 Å². The molecule has 4 atom stereocenters. The molecule has 10 heteroatoms. The second-order valence-electron chi connectivity index (χ2n) is 9.44. The first kappa shape index (κ1) is 25.1. The number of nitrogens with two attached hydrogens (primary N) is 1. The maximum absolute atomic E-state index is 13.8. The lowest BCUT2D eigenvalue weighted by atomic mass is 9.59. The van der Waals surface area contributed by atoms with E-state index in [4.69, 9.17) is 5.73 Å². The Morgan fingerprint density at radius 3 is 2.47 bits per heavy atom. The molecule has 1 aromatic rings. The van der Waals surface area contributed by atoms with Gasteiger partial charge in [0.15, 0.2) is 11.6 Å². The second-order valence-corrected chi connectivity index (χ2v) is 9.44. The Labute approximate surface area is 207 Å². The van der Waals surface area contributed by atoms with Crippen molar-refractivity contribution < 1.29 is 29.7 Å². The largest absolute Gasteiger partial charge is 0.510 e. The molecule has 0 saturated heterocycles. The van der Waals surface area contributed by atoms with Gasteiger partial charge in [0.25, 0.3) is 5.91 Å². The number of phenolic OH excluding ortho intramolecular Hbond substituents is 1. The SMILES string of the molecule is C=N/C=C(\C=NC)c1ccc(O)c2c1C[C@H]1C[C@@H]3C(C(=O)C(C(N)=O)=C(O)[C@H]3N(C)C)C(=O)C1=C2O. The van der Waals surface area contributed by atoms with E-state index in [1.165, 1.54) is 12.3 Å². The van der Waals surface area contributed by atoms with Gasteiger partial charge in [-0.15, -0.1) is 0 Å². The molecule has 0 radical (unpaired) electrons. The third-order valence-corrected chi connectivity index (χ3v) is 7.26. The number of aromatic hydroxyl groups is 1. The van der Waals surface area contributed by atoms with Gasteiger partial charge < -0.3 is 21.1 Å². The zero-order valence-corrected chi connectivity index (χ0v) is 20.2. The van der Waals surface area contributed by atoms with Crippen LogP contribution < -0.4 is 5.73 Å². The number of rotatable bonds is 5. The molecule has 3 aliphatic rings. The van der Waals surface area contributed by atoms with Crippen molar-refractivity contribution >= 4 is 41.7 Å². The molecule has 1 saturated carbocycles. The number of aliphatic hydroxyl groups excluding tert-OH is 2. The summed E-state index contributed by atoms with van der Waals surface area (Å²) in [5.74, 6) is -6.10. The Hall–Kier alpha value is -4.05. The zero-order chi connectivity index (χ0) is 26.5. The van der Waals surface area contributed by atoms with Gasteiger partial charge in [-0.1, -0.05) is 6.07 Å². The maximum atomic E-state index is 13.8. The number of nitrogens with zero attached hydrogens (tertiary/aromatic N) is 3. The number of aliphatic hydroxyl groups is 2. The van der Waals surface area contributed by atoms with Crippen LogP contribution in [0.3, 0.4) is 0 Å². The first-order valence-electron chi connectivity index (χ1n) is 11.4. The predicted octanol–water partition coefficient (Wildman–Crippen LogP) is 1.59. The standard InChI is InChI=1S/C26H28N4O6/c1-28-9-12(10-29-2)13-5-6-16(31)18-14(13)7-11-8-15-19(23(33)17(11)22(18)32)24(34)20(26(27)36)25(35)21(15)30(3)4/h5-6,9-11,15,19,21,31-32,35H,1,7-8H2,2-4H3,(H2,27,36)/b12-9+,29-10?/t11-,15+,19?,21-/m0/s1. The van der Waals surface area contributed by atoms with Crippen LogP contribution >= 0.6 is 0 Å². The molecule has 0 bridgehead atoms. The number of amides is 1. The van der Waals surface area contributed by atoms with Crippen LogP contribution in [0.15, 0.2) is 45.2 Å². The Kier molecular flexibility index (Phi) is 6.40. The molecule has 1 unspecified atom stereocenters. The summed E-state index contributed by atoms with van der Waals surface area (Å²) in [6.07, 6.45) is 3.64. The highest BCUT2D eigenvalue weighted by Gasteiger charge is 2.55. The number of phenols is 1. The lowest BCUT2D eigenvalue weighted by molar-refractivity contribution is -0.136. The minimum atomic E-state index is -1.29. The van der Waals surface area contributed by atoms with Crippen LogP contribution in [-0.2, 0) is 20.8 Å². The van der Waals surface area contributed by atoms with Crippen molar-refractivity contribution in [3.05, 3.63) is 51.9 Å². The van der Waals surface area contributed by atoms with Crippen molar-refractivity contribution in [1.29, 1.82) is 0 Å². The summed E-state index contributed by atoms with van der Waals surface area (Å²) in [5, 5.41) is 32.8. The fraction of sp³-hybridized carbons (Fsp3) is 0.346. The third kappa shape index (κ3) is 3.65. The molecule has 5 N–H and O–H groups in total. The van der Waals surface area contributed by atoms with Crippen LogP contribution in [-0.4, -0.2) is 77.8 Å². The number of Topliss-reactive ketones (excluding diaryl/α,β-unsaturated/α-hetero) is 2.